The van der Waals surface area contributed by atoms with E-state index in [1.165, 1.54) is 17.3 Å². The lowest BCUT2D eigenvalue weighted by Crippen LogP contribution is -2.53. The van der Waals surface area contributed by atoms with Crippen LogP contribution in [0.25, 0.3) is 10.2 Å². The largest absolute Gasteiger partial charge is 0.494 e. The summed E-state index contributed by atoms with van der Waals surface area (Å²) in [7, 11) is 1.65. The van der Waals surface area contributed by atoms with Gasteiger partial charge in [0.05, 0.1) is 30.7 Å². The third kappa shape index (κ3) is 4.04. The van der Waals surface area contributed by atoms with Crippen LogP contribution < -0.4 is 9.64 Å². The van der Waals surface area contributed by atoms with Crippen molar-refractivity contribution in [1.82, 2.24) is 4.98 Å². The number of thiazole rings is 1. The highest BCUT2D eigenvalue weighted by Crippen LogP contribution is 2.36. The van der Waals surface area contributed by atoms with Crippen molar-refractivity contribution in [2.75, 3.05) is 30.9 Å². The van der Waals surface area contributed by atoms with Crippen molar-refractivity contribution in [2.45, 2.75) is 17.9 Å². The first kappa shape index (κ1) is 18.1. The van der Waals surface area contributed by atoms with Crippen LogP contribution >= 0.6 is 23.1 Å². The number of thioether (sulfide) groups is 1. The predicted molar refractivity (Wildman–Crippen MR) is 110 cm³/mol. The summed E-state index contributed by atoms with van der Waals surface area (Å²) in [6.07, 6.45) is -0.0648. The number of para-hydroxylation sites is 1. The Bertz CT molecular complexity index is 950. The zero-order valence-electron chi connectivity index (χ0n) is 15.2. The minimum absolute atomic E-state index is 0.0648. The molecular weight excluding hydrogens is 380 g/mol. The zero-order chi connectivity index (χ0) is 18.8. The van der Waals surface area contributed by atoms with Gasteiger partial charge in [0, 0.05) is 4.90 Å². The Morgan fingerprint density at radius 2 is 2.04 bits per heavy atom. The van der Waals surface area contributed by atoms with Crippen molar-refractivity contribution in [2.24, 2.45) is 0 Å². The summed E-state index contributed by atoms with van der Waals surface area (Å²) >= 11 is 3.14. The molecule has 4 rings (SSSR count). The van der Waals surface area contributed by atoms with Gasteiger partial charge in [-0.05, 0) is 31.2 Å². The van der Waals surface area contributed by atoms with Crippen molar-refractivity contribution < 1.29 is 14.3 Å². The Balaban J connectivity index is 1.28. The topological polar surface area (TPSA) is 51.7 Å². The number of esters is 1. The van der Waals surface area contributed by atoms with Crippen LogP contribution in [-0.4, -0.2) is 43.0 Å². The SMILES string of the molecule is COc1cccc2sc(N3CC(OC(=O)CSc4ccc(C)cc4)C3)nc12. The minimum Gasteiger partial charge on any atom is -0.494 e. The average Bonchev–Trinajstić information content (AvgIpc) is 3.07. The molecule has 0 radical (unpaired) electrons. The van der Waals surface area contributed by atoms with E-state index in [4.69, 9.17) is 9.47 Å². The van der Waals surface area contributed by atoms with Crippen LogP contribution in [-0.2, 0) is 9.53 Å². The Kier molecular flexibility index (Phi) is 5.22. The number of anilines is 1. The van der Waals surface area contributed by atoms with Gasteiger partial charge >= 0.3 is 5.97 Å². The maximum Gasteiger partial charge on any atom is 0.316 e. The minimum atomic E-state index is -0.170. The van der Waals surface area contributed by atoms with Crippen molar-refractivity contribution in [3.8, 4) is 5.75 Å². The summed E-state index contributed by atoms with van der Waals surface area (Å²) in [6, 6.07) is 14.1. The normalized spacial score (nSPS) is 14.2. The van der Waals surface area contributed by atoms with Gasteiger partial charge in [-0.15, -0.1) is 11.8 Å². The Morgan fingerprint density at radius 1 is 1.26 bits per heavy atom. The second kappa shape index (κ2) is 7.78. The molecule has 3 aromatic rings. The number of ether oxygens (including phenoxy) is 2. The number of aromatic nitrogens is 1. The van der Waals surface area contributed by atoms with E-state index >= 15 is 0 Å². The fraction of sp³-hybridized carbons (Fsp3) is 0.300. The maximum atomic E-state index is 12.1. The van der Waals surface area contributed by atoms with Crippen molar-refractivity contribution in [3.63, 3.8) is 0 Å². The summed E-state index contributed by atoms with van der Waals surface area (Å²) in [4.78, 5) is 20.0. The number of benzene rings is 2. The number of carbonyl (C=O) groups excluding carboxylic acids is 1. The predicted octanol–water partition coefficient (Wildman–Crippen LogP) is 4.14. The molecule has 1 fully saturated rings. The fourth-order valence-corrected chi connectivity index (χ4v) is 4.56. The molecule has 0 N–H and O–H groups in total. The number of carbonyl (C=O) groups is 1. The molecule has 2 aromatic carbocycles. The van der Waals surface area contributed by atoms with E-state index in [0.29, 0.717) is 18.8 Å². The van der Waals surface area contributed by atoms with E-state index in [0.717, 1.165) is 26.0 Å². The molecule has 2 heterocycles. The lowest BCUT2D eigenvalue weighted by molar-refractivity contribution is -0.146. The smallest absolute Gasteiger partial charge is 0.316 e. The first-order valence-electron chi connectivity index (χ1n) is 8.70. The molecule has 0 aliphatic carbocycles. The molecule has 1 aliphatic rings. The fourth-order valence-electron chi connectivity index (χ4n) is 2.88. The van der Waals surface area contributed by atoms with Crippen LogP contribution in [0, 0.1) is 6.92 Å². The quantitative estimate of drug-likeness (QED) is 0.458. The molecule has 5 nitrogen and oxygen atoms in total. The highest BCUT2D eigenvalue weighted by Gasteiger charge is 2.32. The molecule has 1 saturated heterocycles. The molecule has 0 atom stereocenters. The maximum absolute atomic E-state index is 12.1. The van der Waals surface area contributed by atoms with E-state index < -0.39 is 0 Å². The van der Waals surface area contributed by atoms with Crippen LogP contribution in [0.4, 0.5) is 5.13 Å². The molecule has 0 spiro atoms. The molecule has 0 bridgehead atoms. The van der Waals surface area contributed by atoms with Gasteiger partial charge in [-0.25, -0.2) is 4.98 Å². The summed E-state index contributed by atoms with van der Waals surface area (Å²) in [5, 5.41) is 0.941. The summed E-state index contributed by atoms with van der Waals surface area (Å²) in [6.45, 7) is 3.42. The van der Waals surface area contributed by atoms with Gasteiger partial charge in [0.2, 0.25) is 0 Å². The molecule has 1 aromatic heterocycles. The molecule has 27 heavy (non-hydrogen) atoms. The van der Waals surface area contributed by atoms with Crippen LogP contribution in [0.2, 0.25) is 0 Å². The molecule has 140 valence electrons. The molecule has 0 unspecified atom stereocenters. The van der Waals surface area contributed by atoms with Gasteiger partial charge in [-0.1, -0.05) is 35.1 Å². The van der Waals surface area contributed by atoms with E-state index in [9.17, 15) is 4.79 Å². The summed E-state index contributed by atoms with van der Waals surface area (Å²) < 4.78 is 12.0. The highest BCUT2D eigenvalue weighted by atomic mass is 32.2. The van der Waals surface area contributed by atoms with Crippen molar-refractivity contribution in [3.05, 3.63) is 48.0 Å². The van der Waals surface area contributed by atoms with E-state index in [1.807, 2.05) is 49.4 Å². The highest BCUT2D eigenvalue weighted by molar-refractivity contribution is 8.00. The van der Waals surface area contributed by atoms with Crippen LogP contribution in [0.1, 0.15) is 5.56 Å². The first-order valence-corrected chi connectivity index (χ1v) is 10.5. The standard InChI is InChI=1S/C20H20N2O3S2/c1-13-6-8-15(9-7-13)26-12-18(23)25-14-10-22(11-14)20-21-19-16(24-2)4-3-5-17(19)27-20/h3-9,14H,10-12H2,1-2H3. The third-order valence-corrected chi connectivity index (χ3v) is 6.45. The lowest BCUT2D eigenvalue weighted by atomic mass is 10.2. The van der Waals surface area contributed by atoms with E-state index in [-0.39, 0.29) is 12.1 Å². The number of rotatable bonds is 6. The van der Waals surface area contributed by atoms with Crippen molar-refractivity contribution >= 4 is 44.4 Å². The number of hydrogen-bond donors (Lipinski definition) is 0. The van der Waals surface area contributed by atoms with Gasteiger partial charge in [0.25, 0.3) is 0 Å². The number of nitrogens with zero attached hydrogens (tertiary/aromatic N) is 2. The van der Waals surface area contributed by atoms with Crippen molar-refractivity contribution in [1.29, 1.82) is 0 Å². The summed E-state index contributed by atoms with van der Waals surface area (Å²) in [5.74, 6) is 0.945. The number of methoxy groups -OCH3 is 1. The van der Waals surface area contributed by atoms with Gasteiger partial charge in [-0.3, -0.25) is 4.79 Å². The molecule has 0 amide bonds. The molecule has 0 saturated carbocycles. The summed E-state index contributed by atoms with van der Waals surface area (Å²) in [5.41, 5.74) is 2.10. The van der Waals surface area contributed by atoms with Crippen LogP contribution in [0.5, 0.6) is 5.75 Å². The zero-order valence-corrected chi connectivity index (χ0v) is 16.8. The van der Waals surface area contributed by atoms with Crippen LogP contribution in [0.3, 0.4) is 0 Å². The van der Waals surface area contributed by atoms with E-state index in [2.05, 4.69) is 9.88 Å². The monoisotopic (exact) mass is 400 g/mol. The second-order valence-corrected chi connectivity index (χ2v) is 8.48. The second-order valence-electron chi connectivity index (χ2n) is 6.42. The van der Waals surface area contributed by atoms with Gasteiger partial charge < -0.3 is 14.4 Å². The molecular formula is C20H20N2O3S2. The van der Waals surface area contributed by atoms with Gasteiger partial charge in [0.1, 0.15) is 17.4 Å². The Morgan fingerprint density at radius 3 is 2.78 bits per heavy atom. The van der Waals surface area contributed by atoms with E-state index in [1.54, 1.807) is 18.4 Å². The Hall–Kier alpha value is -2.25. The first-order chi connectivity index (χ1) is 13.1. The molecule has 1 aliphatic heterocycles. The Labute approximate surface area is 166 Å². The molecule has 7 heteroatoms. The van der Waals surface area contributed by atoms with Gasteiger partial charge in [-0.2, -0.15) is 0 Å². The number of fused-ring (bicyclic) bond motifs is 1. The lowest BCUT2D eigenvalue weighted by Gasteiger charge is -2.38. The van der Waals surface area contributed by atoms with Crippen LogP contribution in [0.15, 0.2) is 47.4 Å². The number of aryl methyl sites for hydroxylation is 1. The number of hydrogen-bond acceptors (Lipinski definition) is 7. The third-order valence-electron chi connectivity index (χ3n) is 4.38. The van der Waals surface area contributed by atoms with Gasteiger partial charge in [0.15, 0.2) is 5.13 Å². The average molecular weight is 401 g/mol.